The number of pyridine rings is 1. The van der Waals surface area contributed by atoms with E-state index < -0.39 is 5.60 Å². The molecule has 134 valence electrons. The number of benzene rings is 1. The Kier molecular flexibility index (Phi) is 6.03. The lowest BCUT2D eigenvalue weighted by Gasteiger charge is -2.17. The second kappa shape index (κ2) is 8.22. The number of carbonyl (C=O) groups is 1. The number of carbonyl (C=O) groups excluding carboxylic acids is 1. The van der Waals surface area contributed by atoms with Crippen molar-refractivity contribution in [1.82, 2.24) is 4.98 Å². The summed E-state index contributed by atoms with van der Waals surface area (Å²) in [4.78, 5) is 16.2. The molecule has 0 saturated carbocycles. The van der Waals surface area contributed by atoms with Gasteiger partial charge in [-0.2, -0.15) is 0 Å². The normalized spacial score (nSPS) is 12.2. The maximum absolute atomic E-state index is 12.1. The molecule has 0 radical (unpaired) electrons. The van der Waals surface area contributed by atoms with E-state index in [1.54, 1.807) is 62.6 Å². The van der Waals surface area contributed by atoms with Gasteiger partial charge < -0.3 is 21.6 Å². The lowest BCUT2D eigenvalue weighted by atomic mass is 9.98. The van der Waals surface area contributed by atoms with Crippen molar-refractivity contribution in [3.05, 3.63) is 71.7 Å². The van der Waals surface area contributed by atoms with Crippen LogP contribution in [-0.4, -0.2) is 22.2 Å². The van der Waals surface area contributed by atoms with E-state index in [9.17, 15) is 9.90 Å². The molecule has 0 aliphatic heterocycles. The molecule has 2 aromatic rings. The van der Waals surface area contributed by atoms with Crippen molar-refractivity contribution in [2.45, 2.75) is 19.4 Å². The Bertz CT molecular complexity index is 847. The van der Waals surface area contributed by atoms with E-state index in [1.165, 1.54) is 12.3 Å². The summed E-state index contributed by atoms with van der Waals surface area (Å²) in [5, 5.41) is 20.1. The molecule has 0 fully saturated rings. The second-order valence-electron chi connectivity index (χ2n) is 6.19. The minimum Gasteiger partial charge on any atom is -0.404 e. The number of nitrogens with zero attached hydrogens (tertiary/aromatic N) is 1. The highest BCUT2D eigenvalue weighted by atomic mass is 16.3. The number of nitrogens with one attached hydrogen (secondary N) is 2. The Hall–Kier alpha value is -3.25. The van der Waals surface area contributed by atoms with Crippen LogP contribution in [0.15, 0.2) is 55.0 Å². The molecule has 0 unspecified atom stereocenters. The zero-order valence-corrected chi connectivity index (χ0v) is 14.7. The molecule has 1 aromatic heterocycles. The lowest BCUT2D eigenvalue weighted by Crippen LogP contribution is -2.15. The number of rotatable bonds is 6. The maximum atomic E-state index is 12.1. The van der Waals surface area contributed by atoms with Gasteiger partial charge in [-0.1, -0.05) is 12.1 Å². The van der Waals surface area contributed by atoms with Crippen LogP contribution in [0.4, 0.5) is 5.69 Å². The monoisotopic (exact) mass is 350 g/mol. The number of hydrogen-bond donors (Lipinski definition) is 4. The Morgan fingerprint density at radius 1 is 1.27 bits per heavy atom. The number of nitrogens with two attached hydrogens (primary N) is 1. The number of amides is 1. The maximum Gasteiger partial charge on any atom is 0.248 e. The highest BCUT2D eigenvalue weighted by Crippen LogP contribution is 2.21. The molecular formula is C20H22N4O2. The Morgan fingerprint density at radius 3 is 2.54 bits per heavy atom. The summed E-state index contributed by atoms with van der Waals surface area (Å²) in [6, 6.07) is 8.73. The summed E-state index contributed by atoms with van der Waals surface area (Å²) in [5.74, 6) is -0.302. The van der Waals surface area contributed by atoms with Gasteiger partial charge in [-0.05, 0) is 49.2 Å². The van der Waals surface area contributed by atoms with Gasteiger partial charge >= 0.3 is 0 Å². The second-order valence-corrected chi connectivity index (χ2v) is 6.19. The van der Waals surface area contributed by atoms with Crippen LogP contribution in [-0.2, 0) is 10.4 Å². The van der Waals surface area contributed by atoms with E-state index in [4.69, 9.17) is 11.1 Å². The highest BCUT2D eigenvalue weighted by molar-refractivity contribution is 6.10. The van der Waals surface area contributed by atoms with E-state index in [0.717, 1.165) is 17.3 Å². The molecule has 0 atom stereocenters. The van der Waals surface area contributed by atoms with Crippen molar-refractivity contribution in [1.29, 1.82) is 5.41 Å². The minimum absolute atomic E-state index is 0.302. The predicted octanol–water partition coefficient (Wildman–Crippen LogP) is 2.91. The predicted molar refractivity (Wildman–Crippen MR) is 105 cm³/mol. The van der Waals surface area contributed by atoms with Crippen LogP contribution in [0.2, 0.25) is 0 Å². The van der Waals surface area contributed by atoms with Crippen molar-refractivity contribution in [3.63, 3.8) is 0 Å². The number of hydrogen-bond acceptors (Lipinski definition) is 5. The third kappa shape index (κ3) is 4.87. The van der Waals surface area contributed by atoms with Crippen LogP contribution in [0.5, 0.6) is 0 Å². The van der Waals surface area contributed by atoms with Crippen LogP contribution in [0, 0.1) is 5.41 Å². The summed E-state index contributed by atoms with van der Waals surface area (Å²) >= 11 is 0. The molecule has 0 spiro atoms. The van der Waals surface area contributed by atoms with Gasteiger partial charge in [0.05, 0.1) is 5.60 Å². The number of aliphatic hydroxyl groups is 1. The summed E-state index contributed by atoms with van der Waals surface area (Å²) in [6.45, 7) is 3.40. The van der Waals surface area contributed by atoms with Gasteiger partial charge in [0.1, 0.15) is 0 Å². The van der Waals surface area contributed by atoms with Crippen LogP contribution in [0.25, 0.3) is 11.6 Å². The molecule has 0 bridgehead atoms. The first-order valence-electron chi connectivity index (χ1n) is 8.04. The molecule has 0 aliphatic rings. The molecule has 1 heterocycles. The van der Waals surface area contributed by atoms with Crippen LogP contribution < -0.4 is 11.1 Å². The minimum atomic E-state index is -0.928. The van der Waals surface area contributed by atoms with Crippen LogP contribution in [0.3, 0.4) is 0 Å². The van der Waals surface area contributed by atoms with Gasteiger partial charge in [0.2, 0.25) is 5.91 Å². The topological polar surface area (TPSA) is 112 Å². The molecule has 26 heavy (non-hydrogen) atoms. The molecule has 5 N–H and O–H groups in total. The van der Waals surface area contributed by atoms with E-state index >= 15 is 0 Å². The Balaban J connectivity index is 2.12. The van der Waals surface area contributed by atoms with Gasteiger partial charge in [-0.25, -0.2) is 0 Å². The van der Waals surface area contributed by atoms with Crippen molar-refractivity contribution < 1.29 is 9.90 Å². The smallest absolute Gasteiger partial charge is 0.248 e. The fourth-order valence-corrected chi connectivity index (χ4v) is 2.33. The van der Waals surface area contributed by atoms with E-state index in [1.807, 2.05) is 0 Å². The molecule has 6 heteroatoms. The molecule has 6 nitrogen and oxygen atoms in total. The van der Waals surface area contributed by atoms with Crippen molar-refractivity contribution in [2.24, 2.45) is 5.73 Å². The number of anilines is 1. The number of aromatic nitrogens is 1. The summed E-state index contributed by atoms with van der Waals surface area (Å²) < 4.78 is 0. The molecule has 1 aromatic carbocycles. The Labute approximate surface area is 152 Å². The van der Waals surface area contributed by atoms with Gasteiger partial charge in [-0.3, -0.25) is 9.78 Å². The van der Waals surface area contributed by atoms with Crippen LogP contribution >= 0.6 is 0 Å². The first-order valence-corrected chi connectivity index (χ1v) is 8.04. The van der Waals surface area contributed by atoms with Gasteiger partial charge in [-0.15, -0.1) is 0 Å². The summed E-state index contributed by atoms with van der Waals surface area (Å²) in [7, 11) is 0. The molecule has 0 aliphatic carbocycles. The standard InChI is InChI=1S/C20H22N4O2/c1-20(2,26)16-4-6-17(7-5-16)24-19(25)8-3-14-13-23-10-9-18(14)15(11-21)12-22/h3-13,21,26H,22H2,1-2H3,(H,24,25)/b8-3+,15-12+,21-11?. The zero-order valence-electron chi connectivity index (χ0n) is 14.7. The first-order chi connectivity index (χ1) is 12.3. The van der Waals surface area contributed by atoms with Crippen LogP contribution in [0.1, 0.15) is 30.5 Å². The molecule has 2 rings (SSSR count). The molecular weight excluding hydrogens is 328 g/mol. The zero-order chi connectivity index (χ0) is 19.2. The summed E-state index contributed by atoms with van der Waals surface area (Å²) in [6.07, 6.45) is 8.70. The third-order valence-electron chi connectivity index (χ3n) is 3.77. The van der Waals surface area contributed by atoms with E-state index in [2.05, 4.69) is 10.3 Å². The number of allylic oxidation sites excluding steroid dienone is 1. The van der Waals surface area contributed by atoms with Gasteiger partial charge in [0, 0.05) is 47.7 Å². The SMILES string of the molecule is CC(C)(O)c1ccc(NC(=O)/C=C/c2cnccc2/C(C=N)=C/N)cc1. The largest absolute Gasteiger partial charge is 0.404 e. The lowest BCUT2D eigenvalue weighted by molar-refractivity contribution is -0.111. The van der Waals surface area contributed by atoms with Crippen molar-refractivity contribution in [2.75, 3.05) is 5.32 Å². The third-order valence-corrected chi connectivity index (χ3v) is 3.77. The fourth-order valence-electron chi connectivity index (χ4n) is 2.33. The van der Waals surface area contributed by atoms with Crippen molar-refractivity contribution in [3.8, 4) is 0 Å². The van der Waals surface area contributed by atoms with E-state index in [-0.39, 0.29) is 5.91 Å². The van der Waals surface area contributed by atoms with E-state index in [0.29, 0.717) is 16.8 Å². The van der Waals surface area contributed by atoms with Gasteiger partial charge in [0.25, 0.3) is 0 Å². The van der Waals surface area contributed by atoms with Gasteiger partial charge in [0.15, 0.2) is 0 Å². The highest BCUT2D eigenvalue weighted by Gasteiger charge is 2.15. The molecule has 0 saturated heterocycles. The van der Waals surface area contributed by atoms with Crippen molar-refractivity contribution >= 4 is 29.5 Å². The molecule has 1 amide bonds. The Morgan fingerprint density at radius 2 is 1.96 bits per heavy atom. The average molecular weight is 350 g/mol. The first kappa shape index (κ1) is 19.1. The fraction of sp³-hybridized carbons (Fsp3) is 0.150. The quantitative estimate of drug-likeness (QED) is 0.474. The average Bonchev–Trinajstić information content (AvgIpc) is 2.61. The summed E-state index contributed by atoms with van der Waals surface area (Å²) in [5.41, 5.74) is 7.93.